The molecule has 3 rings (SSSR count). The summed E-state index contributed by atoms with van der Waals surface area (Å²) >= 11 is 1.53. The summed E-state index contributed by atoms with van der Waals surface area (Å²) in [7, 11) is 0. The zero-order valence-corrected chi connectivity index (χ0v) is 15.2. The lowest BCUT2D eigenvalue weighted by Gasteiger charge is -2.08. The van der Waals surface area contributed by atoms with E-state index < -0.39 is 0 Å². The number of carbonyl (C=O) groups is 1. The number of hydrogen-bond acceptors (Lipinski definition) is 5. The molecule has 0 bridgehead atoms. The Balaban J connectivity index is 1.56. The first-order valence-corrected chi connectivity index (χ1v) is 9.18. The molecule has 0 aliphatic rings. The second kappa shape index (κ2) is 8.37. The molecule has 5 N–H and O–H groups in total. The molecule has 0 atom stereocenters. The average molecular weight is 381 g/mol. The smallest absolute Gasteiger partial charge is 0.224 e. The number of nitrogens with two attached hydrogens (primary N) is 1. The Morgan fingerprint density at radius 1 is 1.11 bits per heavy atom. The Labute approximate surface area is 160 Å². The van der Waals surface area contributed by atoms with Crippen LogP contribution in [0.1, 0.15) is 16.9 Å². The van der Waals surface area contributed by atoms with Crippen LogP contribution in [-0.4, -0.2) is 22.0 Å². The summed E-state index contributed by atoms with van der Waals surface area (Å²) in [6.07, 6.45) is 0.783. The number of benzene rings is 2. The van der Waals surface area contributed by atoms with Gasteiger partial charge in [0.05, 0.1) is 16.3 Å². The third kappa shape index (κ3) is 5.08. The second-order valence-corrected chi connectivity index (χ2v) is 6.84. The first-order valence-electron chi connectivity index (χ1n) is 8.30. The number of phenolic OH excluding ortho intramolecular Hbond substituents is 2. The van der Waals surface area contributed by atoms with Gasteiger partial charge in [-0.1, -0.05) is 18.2 Å². The molecule has 1 amide bonds. The number of hydrogen-bond donors (Lipinski definition) is 4. The van der Waals surface area contributed by atoms with Crippen LogP contribution in [0.4, 0.5) is 11.4 Å². The van der Waals surface area contributed by atoms with Gasteiger partial charge in [0.1, 0.15) is 17.3 Å². The summed E-state index contributed by atoms with van der Waals surface area (Å²) in [6, 6.07) is 15.3. The van der Waals surface area contributed by atoms with Crippen LogP contribution in [0.3, 0.4) is 0 Å². The Morgan fingerprint density at radius 2 is 1.89 bits per heavy atom. The van der Waals surface area contributed by atoms with Gasteiger partial charge in [0.25, 0.3) is 0 Å². The Morgan fingerprint density at radius 3 is 2.59 bits per heavy atom. The minimum absolute atomic E-state index is 0.0268. The molecule has 1 heterocycles. The second-order valence-electron chi connectivity index (χ2n) is 5.89. The number of nitrogens with one attached hydrogen (secondary N) is 1. The maximum Gasteiger partial charge on any atom is 0.224 e. The number of aliphatic imine (C=N–C) groups is 1. The van der Waals surface area contributed by atoms with Crippen molar-refractivity contribution >= 4 is 34.5 Å². The number of aromatic hydroxyl groups is 2. The van der Waals surface area contributed by atoms with Crippen molar-refractivity contribution in [2.75, 3.05) is 5.32 Å². The van der Waals surface area contributed by atoms with Gasteiger partial charge in [-0.3, -0.25) is 4.79 Å². The topological polar surface area (TPSA) is 108 Å². The third-order valence-electron chi connectivity index (χ3n) is 3.85. The van der Waals surface area contributed by atoms with Crippen LogP contribution < -0.4 is 11.1 Å². The Hall–Kier alpha value is -3.32. The van der Waals surface area contributed by atoms with Crippen molar-refractivity contribution < 1.29 is 15.0 Å². The molecular formula is C20H19N3O3S. The summed E-state index contributed by atoms with van der Waals surface area (Å²) in [5, 5.41) is 23.7. The molecular weight excluding hydrogens is 362 g/mol. The van der Waals surface area contributed by atoms with Crippen LogP contribution in [0, 0.1) is 0 Å². The number of amidine groups is 1. The molecule has 0 spiro atoms. The SMILES string of the molecule is NC(=Nc1ccc(CCC(=O)Nc2cc(O)ccc2O)cc1)c1cccs1. The molecule has 0 aliphatic heterocycles. The summed E-state index contributed by atoms with van der Waals surface area (Å²) in [6.45, 7) is 0. The summed E-state index contributed by atoms with van der Waals surface area (Å²) in [4.78, 5) is 17.4. The molecule has 3 aromatic rings. The van der Waals surface area contributed by atoms with Crippen molar-refractivity contribution in [3.63, 3.8) is 0 Å². The van der Waals surface area contributed by atoms with E-state index in [0.717, 1.165) is 16.1 Å². The Kier molecular flexibility index (Phi) is 5.73. The van der Waals surface area contributed by atoms with E-state index in [1.165, 1.54) is 29.5 Å². The quantitative estimate of drug-likeness (QED) is 0.226. The molecule has 27 heavy (non-hydrogen) atoms. The van der Waals surface area contributed by atoms with E-state index in [1.54, 1.807) is 0 Å². The molecule has 7 heteroatoms. The lowest BCUT2D eigenvalue weighted by molar-refractivity contribution is -0.116. The minimum Gasteiger partial charge on any atom is -0.508 e. The molecule has 0 unspecified atom stereocenters. The number of thiophene rings is 1. The summed E-state index contributed by atoms with van der Waals surface area (Å²) < 4.78 is 0. The fourth-order valence-electron chi connectivity index (χ4n) is 2.45. The highest BCUT2D eigenvalue weighted by atomic mass is 32.1. The maximum atomic E-state index is 12.1. The monoisotopic (exact) mass is 381 g/mol. The molecule has 1 aromatic heterocycles. The van der Waals surface area contributed by atoms with Crippen molar-refractivity contribution in [3.05, 3.63) is 70.4 Å². The van der Waals surface area contributed by atoms with Crippen LogP contribution in [0.15, 0.2) is 65.0 Å². The van der Waals surface area contributed by atoms with Crippen LogP contribution >= 0.6 is 11.3 Å². The van der Waals surface area contributed by atoms with Crippen LogP contribution in [0.5, 0.6) is 11.5 Å². The van der Waals surface area contributed by atoms with E-state index in [-0.39, 0.29) is 29.5 Å². The summed E-state index contributed by atoms with van der Waals surface area (Å²) in [5.74, 6) is 0.107. The van der Waals surface area contributed by atoms with E-state index in [1.807, 2.05) is 41.8 Å². The van der Waals surface area contributed by atoms with E-state index in [4.69, 9.17) is 5.73 Å². The average Bonchev–Trinajstić information content (AvgIpc) is 3.19. The molecule has 0 saturated heterocycles. The van der Waals surface area contributed by atoms with Crippen LogP contribution in [-0.2, 0) is 11.2 Å². The standard InChI is InChI=1S/C20H19N3O3S/c21-20(18-2-1-11-27-18)22-14-6-3-13(4-7-14)5-10-19(26)23-16-12-15(24)8-9-17(16)25/h1-4,6-9,11-12,24-25H,5,10H2,(H2,21,22)(H,23,26). The minimum atomic E-state index is -0.250. The fourth-order valence-corrected chi connectivity index (χ4v) is 3.08. The lowest BCUT2D eigenvalue weighted by atomic mass is 10.1. The first kappa shape index (κ1) is 18.5. The number of anilines is 1. The normalized spacial score (nSPS) is 11.3. The molecule has 2 aromatic carbocycles. The lowest BCUT2D eigenvalue weighted by Crippen LogP contribution is -2.12. The van der Waals surface area contributed by atoms with Crippen molar-refractivity contribution in [3.8, 4) is 11.5 Å². The molecule has 138 valence electrons. The number of carbonyl (C=O) groups excluding carboxylic acids is 1. The zero-order valence-electron chi connectivity index (χ0n) is 14.4. The van der Waals surface area contributed by atoms with E-state index in [2.05, 4.69) is 10.3 Å². The molecule has 6 nitrogen and oxygen atoms in total. The van der Waals surface area contributed by atoms with Gasteiger partial charge in [0, 0.05) is 12.5 Å². The maximum absolute atomic E-state index is 12.1. The Bertz CT molecular complexity index is 951. The highest BCUT2D eigenvalue weighted by Crippen LogP contribution is 2.27. The summed E-state index contributed by atoms with van der Waals surface area (Å²) in [5.41, 5.74) is 7.90. The van der Waals surface area contributed by atoms with Gasteiger partial charge in [-0.2, -0.15) is 0 Å². The van der Waals surface area contributed by atoms with Gasteiger partial charge in [0.2, 0.25) is 5.91 Å². The van der Waals surface area contributed by atoms with Crippen molar-refractivity contribution in [1.82, 2.24) is 0 Å². The van der Waals surface area contributed by atoms with E-state index in [9.17, 15) is 15.0 Å². The number of nitrogens with zero attached hydrogens (tertiary/aromatic N) is 1. The molecule has 0 radical (unpaired) electrons. The van der Waals surface area contributed by atoms with E-state index in [0.29, 0.717) is 12.3 Å². The number of rotatable bonds is 6. The van der Waals surface area contributed by atoms with Gasteiger partial charge in [0.15, 0.2) is 0 Å². The highest BCUT2D eigenvalue weighted by molar-refractivity contribution is 7.12. The van der Waals surface area contributed by atoms with Crippen LogP contribution in [0.25, 0.3) is 0 Å². The van der Waals surface area contributed by atoms with Gasteiger partial charge in [-0.25, -0.2) is 4.99 Å². The molecule has 0 fully saturated rings. The van der Waals surface area contributed by atoms with Gasteiger partial charge < -0.3 is 21.3 Å². The first-order chi connectivity index (χ1) is 13.0. The molecule has 0 aliphatic carbocycles. The largest absolute Gasteiger partial charge is 0.508 e. The van der Waals surface area contributed by atoms with Crippen molar-refractivity contribution in [2.24, 2.45) is 10.7 Å². The van der Waals surface area contributed by atoms with Crippen LogP contribution in [0.2, 0.25) is 0 Å². The predicted molar refractivity (Wildman–Crippen MR) is 108 cm³/mol. The highest BCUT2D eigenvalue weighted by Gasteiger charge is 2.08. The van der Waals surface area contributed by atoms with Gasteiger partial charge in [-0.05, 0) is 47.7 Å². The van der Waals surface area contributed by atoms with E-state index >= 15 is 0 Å². The predicted octanol–water partition coefficient (Wildman–Crippen LogP) is 3.77. The van der Waals surface area contributed by atoms with Gasteiger partial charge in [-0.15, -0.1) is 11.3 Å². The van der Waals surface area contributed by atoms with Gasteiger partial charge >= 0.3 is 0 Å². The number of amides is 1. The van der Waals surface area contributed by atoms with Crippen molar-refractivity contribution in [2.45, 2.75) is 12.8 Å². The number of aryl methyl sites for hydroxylation is 1. The van der Waals surface area contributed by atoms with Crippen molar-refractivity contribution in [1.29, 1.82) is 0 Å². The zero-order chi connectivity index (χ0) is 19.2. The molecule has 0 saturated carbocycles. The third-order valence-corrected chi connectivity index (χ3v) is 4.75. The fraction of sp³-hybridized carbons (Fsp3) is 0.100. The number of phenols is 2.